The summed E-state index contributed by atoms with van der Waals surface area (Å²) in [5, 5.41) is 4.97. The Morgan fingerprint density at radius 2 is 2.17 bits per heavy atom. The maximum Gasteiger partial charge on any atom is 0.226 e. The minimum atomic E-state index is -0.0731. The van der Waals surface area contributed by atoms with Crippen LogP contribution in [-0.2, 0) is 4.79 Å². The van der Waals surface area contributed by atoms with Gasteiger partial charge >= 0.3 is 0 Å². The molecule has 98 valence electrons. The number of thioether (sulfide) groups is 1. The number of hydrogen-bond donors (Lipinski definition) is 1. The van der Waals surface area contributed by atoms with Crippen molar-refractivity contribution in [2.75, 3.05) is 16.8 Å². The number of carbonyl (C=O) groups is 2. The molecule has 6 heteroatoms. The van der Waals surface area contributed by atoms with Crippen LogP contribution in [-0.4, -0.2) is 28.2 Å². The largest absolute Gasteiger partial charge is 0.302 e. The number of amides is 1. The number of thiazole rings is 1. The van der Waals surface area contributed by atoms with Gasteiger partial charge in [0.25, 0.3) is 0 Å². The van der Waals surface area contributed by atoms with Crippen LogP contribution in [0.3, 0.4) is 0 Å². The van der Waals surface area contributed by atoms with Gasteiger partial charge in [0.15, 0.2) is 10.9 Å². The van der Waals surface area contributed by atoms with E-state index in [1.807, 2.05) is 11.8 Å². The Labute approximate surface area is 115 Å². The van der Waals surface area contributed by atoms with Crippen LogP contribution in [0, 0.1) is 5.92 Å². The lowest BCUT2D eigenvalue weighted by atomic mass is 9.99. The van der Waals surface area contributed by atoms with Gasteiger partial charge in [-0.3, -0.25) is 9.59 Å². The van der Waals surface area contributed by atoms with Crippen LogP contribution in [0.15, 0.2) is 5.38 Å². The molecule has 1 N–H and O–H groups in total. The Morgan fingerprint density at radius 1 is 1.44 bits per heavy atom. The summed E-state index contributed by atoms with van der Waals surface area (Å²) >= 11 is 3.26. The Balaban J connectivity index is 1.84. The molecule has 2 heterocycles. The zero-order valence-electron chi connectivity index (χ0n) is 10.3. The first-order valence-electron chi connectivity index (χ1n) is 5.99. The van der Waals surface area contributed by atoms with Crippen molar-refractivity contribution in [1.82, 2.24) is 4.98 Å². The van der Waals surface area contributed by atoms with E-state index >= 15 is 0 Å². The van der Waals surface area contributed by atoms with E-state index in [1.54, 1.807) is 5.38 Å². The van der Waals surface area contributed by atoms with E-state index in [0.29, 0.717) is 23.2 Å². The normalized spacial score (nSPS) is 16.5. The molecule has 0 spiro atoms. The second kappa shape index (κ2) is 6.33. The predicted molar refractivity (Wildman–Crippen MR) is 75.4 cm³/mol. The summed E-state index contributed by atoms with van der Waals surface area (Å²) in [5.74, 6) is 2.75. The Morgan fingerprint density at radius 3 is 2.78 bits per heavy atom. The van der Waals surface area contributed by atoms with Crippen molar-refractivity contribution in [1.29, 1.82) is 0 Å². The number of nitrogens with zero attached hydrogens (tertiary/aromatic N) is 1. The molecule has 0 aliphatic carbocycles. The quantitative estimate of drug-likeness (QED) is 0.864. The number of aromatic nitrogens is 1. The fraction of sp³-hybridized carbons (Fsp3) is 0.583. The second-order valence-corrected chi connectivity index (χ2v) is 6.48. The lowest BCUT2D eigenvalue weighted by molar-refractivity contribution is -0.117. The van der Waals surface area contributed by atoms with E-state index in [4.69, 9.17) is 0 Å². The van der Waals surface area contributed by atoms with Gasteiger partial charge in [0.05, 0.1) is 0 Å². The van der Waals surface area contributed by atoms with Crippen LogP contribution in [0.2, 0.25) is 0 Å². The summed E-state index contributed by atoms with van der Waals surface area (Å²) in [6.07, 6.45) is 2.80. The highest BCUT2D eigenvalue weighted by Crippen LogP contribution is 2.26. The summed E-state index contributed by atoms with van der Waals surface area (Å²) in [6.45, 7) is 1.47. The van der Waals surface area contributed by atoms with Crippen LogP contribution in [0.1, 0.15) is 36.7 Å². The zero-order valence-corrected chi connectivity index (χ0v) is 11.9. The molecular weight excluding hydrogens is 268 g/mol. The van der Waals surface area contributed by atoms with Crippen molar-refractivity contribution in [3.63, 3.8) is 0 Å². The third-order valence-corrected chi connectivity index (χ3v) is 4.73. The minimum absolute atomic E-state index is 0.0105. The molecule has 0 unspecified atom stereocenters. The third-order valence-electron chi connectivity index (χ3n) is 2.93. The molecule has 0 aromatic carbocycles. The van der Waals surface area contributed by atoms with Crippen molar-refractivity contribution >= 4 is 39.9 Å². The molecule has 1 aromatic rings. The zero-order chi connectivity index (χ0) is 13.0. The predicted octanol–water partition coefficient (Wildman–Crippen LogP) is 2.82. The topological polar surface area (TPSA) is 59.1 Å². The van der Waals surface area contributed by atoms with Crippen LogP contribution in [0.5, 0.6) is 0 Å². The third kappa shape index (κ3) is 3.81. The molecule has 4 nitrogen and oxygen atoms in total. The van der Waals surface area contributed by atoms with Gasteiger partial charge in [0.2, 0.25) is 5.91 Å². The van der Waals surface area contributed by atoms with E-state index in [9.17, 15) is 9.59 Å². The number of carbonyl (C=O) groups excluding carboxylic acids is 2. The molecule has 1 aliphatic rings. The molecule has 0 saturated carbocycles. The van der Waals surface area contributed by atoms with E-state index in [1.165, 1.54) is 18.3 Å². The fourth-order valence-corrected chi connectivity index (χ4v) is 3.85. The lowest BCUT2D eigenvalue weighted by Crippen LogP contribution is -2.19. The first-order valence-corrected chi connectivity index (χ1v) is 8.02. The summed E-state index contributed by atoms with van der Waals surface area (Å²) < 4.78 is 0. The van der Waals surface area contributed by atoms with Gasteiger partial charge in [-0.1, -0.05) is 0 Å². The van der Waals surface area contributed by atoms with Gasteiger partial charge in [0.1, 0.15) is 5.69 Å². The molecular formula is C12H16N2O2S2. The highest BCUT2D eigenvalue weighted by atomic mass is 32.2. The van der Waals surface area contributed by atoms with Gasteiger partial charge in [0, 0.05) is 18.7 Å². The number of ketones is 1. The monoisotopic (exact) mass is 284 g/mol. The van der Waals surface area contributed by atoms with Gasteiger partial charge in [-0.25, -0.2) is 4.98 Å². The maximum atomic E-state index is 11.8. The molecule has 0 bridgehead atoms. The molecule has 1 aromatic heterocycles. The maximum absolute atomic E-state index is 11.8. The van der Waals surface area contributed by atoms with Crippen LogP contribution >= 0.6 is 23.1 Å². The average Bonchev–Trinajstić information content (AvgIpc) is 2.78. The van der Waals surface area contributed by atoms with Gasteiger partial charge in [-0.2, -0.15) is 11.8 Å². The Kier molecular flexibility index (Phi) is 4.77. The van der Waals surface area contributed by atoms with Crippen molar-refractivity contribution in [3.8, 4) is 0 Å². The smallest absolute Gasteiger partial charge is 0.226 e. The van der Waals surface area contributed by atoms with E-state index < -0.39 is 0 Å². The standard InChI is InChI=1S/C12H16N2O2S2/c1-8(15)10-7-18-12(13-10)14-11(16)6-9-2-4-17-5-3-9/h7,9H,2-6H2,1H3,(H,13,14,16). The molecule has 0 radical (unpaired) electrons. The molecule has 1 fully saturated rings. The van der Waals surface area contributed by atoms with E-state index in [2.05, 4.69) is 10.3 Å². The molecule has 2 rings (SSSR count). The summed E-state index contributed by atoms with van der Waals surface area (Å²) in [6, 6.07) is 0. The van der Waals surface area contributed by atoms with Gasteiger partial charge < -0.3 is 5.32 Å². The first kappa shape index (κ1) is 13.5. The highest BCUT2D eigenvalue weighted by Gasteiger charge is 2.18. The summed E-state index contributed by atoms with van der Waals surface area (Å²) in [4.78, 5) is 27.0. The Hall–Kier alpha value is -0.880. The van der Waals surface area contributed by atoms with Crippen molar-refractivity contribution < 1.29 is 9.59 Å². The van der Waals surface area contributed by atoms with Crippen molar-refractivity contribution in [2.24, 2.45) is 5.92 Å². The fourth-order valence-electron chi connectivity index (χ4n) is 1.88. The van der Waals surface area contributed by atoms with Crippen molar-refractivity contribution in [2.45, 2.75) is 26.2 Å². The van der Waals surface area contributed by atoms with Gasteiger partial charge in [-0.15, -0.1) is 11.3 Å². The van der Waals surface area contributed by atoms with Crippen LogP contribution < -0.4 is 5.32 Å². The molecule has 1 amide bonds. The van der Waals surface area contributed by atoms with E-state index in [0.717, 1.165) is 24.3 Å². The number of anilines is 1. The highest BCUT2D eigenvalue weighted by molar-refractivity contribution is 7.99. The van der Waals surface area contributed by atoms with E-state index in [-0.39, 0.29) is 11.7 Å². The van der Waals surface area contributed by atoms with Crippen LogP contribution in [0.25, 0.3) is 0 Å². The molecule has 1 aliphatic heterocycles. The second-order valence-electron chi connectivity index (χ2n) is 4.40. The number of rotatable bonds is 4. The molecule has 1 saturated heterocycles. The Bertz CT molecular complexity index is 439. The SMILES string of the molecule is CC(=O)c1csc(NC(=O)CC2CCSCC2)n1. The molecule has 0 atom stereocenters. The minimum Gasteiger partial charge on any atom is -0.302 e. The van der Waals surface area contributed by atoms with Crippen LogP contribution in [0.4, 0.5) is 5.13 Å². The molecule has 18 heavy (non-hydrogen) atoms. The average molecular weight is 284 g/mol. The number of nitrogens with one attached hydrogen (secondary N) is 1. The number of Topliss-reactive ketones (excluding diaryl/α,β-unsaturated/α-hetero) is 1. The lowest BCUT2D eigenvalue weighted by Gasteiger charge is -2.20. The first-order chi connectivity index (χ1) is 8.65. The van der Waals surface area contributed by atoms with Crippen molar-refractivity contribution in [3.05, 3.63) is 11.1 Å². The number of hydrogen-bond acceptors (Lipinski definition) is 5. The summed E-state index contributed by atoms with van der Waals surface area (Å²) in [5.41, 5.74) is 0.421. The van der Waals surface area contributed by atoms with Gasteiger partial charge in [-0.05, 0) is 30.3 Å². The summed E-state index contributed by atoms with van der Waals surface area (Å²) in [7, 11) is 0.